The lowest BCUT2D eigenvalue weighted by atomic mass is 10.1. The molecule has 9 heavy (non-hydrogen) atoms. The Morgan fingerprint density at radius 3 is 1.78 bits per heavy atom. The molecule has 0 aromatic rings. The number of hydrogen-bond donors (Lipinski definition) is 2. The highest BCUT2D eigenvalue weighted by Gasteiger charge is 2.13. The van der Waals surface area contributed by atoms with Crippen LogP contribution < -0.4 is 11.5 Å². The summed E-state index contributed by atoms with van der Waals surface area (Å²) in [6, 6.07) is 0. The standard InChI is InChI=1S/C4H11FN2.2ClH/c1-4(7,2-5)3-6;;/h2-3,6-7H2,1H3;2*1H. The first-order chi connectivity index (χ1) is 3.12. The topological polar surface area (TPSA) is 52.0 Å². The lowest BCUT2D eigenvalue weighted by Gasteiger charge is -2.15. The van der Waals surface area contributed by atoms with Crippen LogP contribution in [0.25, 0.3) is 0 Å². The monoisotopic (exact) mass is 178 g/mol. The van der Waals surface area contributed by atoms with Crippen molar-refractivity contribution in [2.24, 2.45) is 11.5 Å². The number of nitrogens with two attached hydrogens (primary N) is 2. The molecule has 60 valence electrons. The van der Waals surface area contributed by atoms with Crippen LogP contribution in [0, 0.1) is 0 Å². The molecule has 0 amide bonds. The Bertz CT molecular complexity index is 54.5. The van der Waals surface area contributed by atoms with Gasteiger partial charge < -0.3 is 11.5 Å². The van der Waals surface area contributed by atoms with Gasteiger partial charge in [0.15, 0.2) is 0 Å². The Morgan fingerprint density at radius 1 is 1.44 bits per heavy atom. The molecule has 0 aromatic heterocycles. The average Bonchev–Trinajstić information content (AvgIpc) is 1.68. The van der Waals surface area contributed by atoms with Crippen molar-refractivity contribution in [3.63, 3.8) is 0 Å². The maximum absolute atomic E-state index is 11.6. The van der Waals surface area contributed by atoms with Gasteiger partial charge in [-0.25, -0.2) is 4.39 Å². The van der Waals surface area contributed by atoms with Gasteiger partial charge in [0.1, 0.15) is 6.67 Å². The van der Waals surface area contributed by atoms with Crippen LogP contribution in [0.5, 0.6) is 0 Å². The summed E-state index contributed by atoms with van der Waals surface area (Å²) in [6.07, 6.45) is 0. The number of halogens is 3. The number of alkyl halides is 1. The molecule has 0 radical (unpaired) electrons. The lowest BCUT2D eigenvalue weighted by Crippen LogP contribution is -2.45. The quantitative estimate of drug-likeness (QED) is 0.647. The fraction of sp³-hybridized carbons (Fsp3) is 1.00. The molecule has 0 aromatic carbocycles. The van der Waals surface area contributed by atoms with Crippen LogP contribution in [0.1, 0.15) is 6.92 Å². The van der Waals surface area contributed by atoms with Crippen molar-refractivity contribution in [3.05, 3.63) is 0 Å². The fourth-order valence-corrected chi connectivity index (χ4v) is 0.0546. The fourth-order valence-electron chi connectivity index (χ4n) is 0.0546. The zero-order valence-electron chi connectivity index (χ0n) is 5.26. The zero-order valence-corrected chi connectivity index (χ0v) is 6.90. The molecule has 0 bridgehead atoms. The Labute approximate surface area is 67.0 Å². The molecule has 0 aliphatic rings. The van der Waals surface area contributed by atoms with E-state index < -0.39 is 12.2 Å². The maximum Gasteiger partial charge on any atom is 0.108 e. The molecule has 0 aliphatic heterocycles. The molecule has 0 fully saturated rings. The molecule has 0 aliphatic carbocycles. The van der Waals surface area contributed by atoms with Crippen LogP contribution in [0.4, 0.5) is 4.39 Å². The summed E-state index contributed by atoms with van der Waals surface area (Å²) in [4.78, 5) is 0. The third-order valence-electron chi connectivity index (χ3n) is 0.772. The Hall–Kier alpha value is 0.430. The second-order valence-corrected chi connectivity index (χ2v) is 1.99. The molecule has 5 heteroatoms. The largest absolute Gasteiger partial charge is 0.329 e. The molecule has 0 heterocycles. The van der Waals surface area contributed by atoms with E-state index >= 15 is 0 Å². The van der Waals surface area contributed by atoms with Crippen molar-refractivity contribution in [2.45, 2.75) is 12.5 Å². The minimum atomic E-state index is -0.806. The normalized spacial score (nSPS) is 14.7. The SMILES string of the molecule is CC(N)(CN)CF.Cl.Cl. The molecule has 0 saturated carbocycles. The molecule has 4 N–H and O–H groups in total. The molecule has 1 unspecified atom stereocenters. The average molecular weight is 179 g/mol. The van der Waals surface area contributed by atoms with Gasteiger partial charge in [0.25, 0.3) is 0 Å². The van der Waals surface area contributed by atoms with Crippen molar-refractivity contribution < 1.29 is 4.39 Å². The molecular formula is C4H13Cl2FN2. The molecule has 1 atom stereocenters. The first kappa shape index (κ1) is 16.2. The van der Waals surface area contributed by atoms with E-state index in [4.69, 9.17) is 11.5 Å². The molecule has 2 nitrogen and oxygen atoms in total. The van der Waals surface area contributed by atoms with E-state index in [1.165, 1.54) is 0 Å². The summed E-state index contributed by atoms with van der Waals surface area (Å²) in [6.45, 7) is 1.22. The Morgan fingerprint density at radius 2 is 1.78 bits per heavy atom. The van der Waals surface area contributed by atoms with E-state index in [-0.39, 0.29) is 31.4 Å². The van der Waals surface area contributed by atoms with E-state index in [1.807, 2.05) is 0 Å². The molecule has 0 saturated heterocycles. The highest BCUT2D eigenvalue weighted by atomic mass is 35.5. The Balaban J connectivity index is -0.000000180. The van der Waals surface area contributed by atoms with Gasteiger partial charge in [-0.3, -0.25) is 0 Å². The highest BCUT2D eigenvalue weighted by Crippen LogP contribution is 1.93. The van der Waals surface area contributed by atoms with Gasteiger partial charge in [0, 0.05) is 6.54 Å². The van der Waals surface area contributed by atoms with Crippen LogP contribution in [0.2, 0.25) is 0 Å². The lowest BCUT2D eigenvalue weighted by molar-refractivity contribution is 0.336. The summed E-state index contributed by atoms with van der Waals surface area (Å²) in [5.74, 6) is 0. The van der Waals surface area contributed by atoms with Gasteiger partial charge in [-0.05, 0) is 6.92 Å². The van der Waals surface area contributed by atoms with Gasteiger partial charge in [-0.1, -0.05) is 0 Å². The minimum absolute atomic E-state index is 0. The van der Waals surface area contributed by atoms with Crippen LogP contribution in [0.15, 0.2) is 0 Å². The maximum atomic E-state index is 11.6. The van der Waals surface area contributed by atoms with E-state index in [1.54, 1.807) is 6.92 Å². The van der Waals surface area contributed by atoms with Crippen LogP contribution in [0.3, 0.4) is 0 Å². The Kier molecular flexibility index (Phi) is 11.8. The summed E-state index contributed by atoms with van der Waals surface area (Å²) < 4.78 is 11.6. The van der Waals surface area contributed by atoms with E-state index in [0.29, 0.717) is 0 Å². The second-order valence-electron chi connectivity index (χ2n) is 1.99. The van der Waals surface area contributed by atoms with Crippen LogP contribution >= 0.6 is 24.8 Å². The summed E-state index contributed by atoms with van der Waals surface area (Å²) in [5.41, 5.74) is 9.46. The zero-order chi connectivity index (χ0) is 5.91. The third kappa shape index (κ3) is 8.43. The number of hydrogen-bond acceptors (Lipinski definition) is 2. The van der Waals surface area contributed by atoms with E-state index in [2.05, 4.69) is 0 Å². The first-order valence-electron chi connectivity index (χ1n) is 2.17. The van der Waals surface area contributed by atoms with Crippen molar-refractivity contribution in [2.75, 3.05) is 13.2 Å². The van der Waals surface area contributed by atoms with Gasteiger partial charge in [0.05, 0.1) is 5.54 Å². The van der Waals surface area contributed by atoms with Crippen molar-refractivity contribution in [3.8, 4) is 0 Å². The predicted molar refractivity (Wildman–Crippen MR) is 42.1 cm³/mol. The predicted octanol–water partition coefficient (Wildman–Crippen LogP) is 0.476. The van der Waals surface area contributed by atoms with Crippen molar-refractivity contribution in [1.29, 1.82) is 0 Å². The second kappa shape index (κ2) is 6.55. The minimum Gasteiger partial charge on any atom is -0.329 e. The van der Waals surface area contributed by atoms with Crippen molar-refractivity contribution in [1.82, 2.24) is 0 Å². The van der Waals surface area contributed by atoms with Gasteiger partial charge in [0.2, 0.25) is 0 Å². The van der Waals surface area contributed by atoms with E-state index in [9.17, 15) is 4.39 Å². The summed E-state index contributed by atoms with van der Waals surface area (Å²) in [5, 5.41) is 0. The smallest absolute Gasteiger partial charge is 0.108 e. The summed E-state index contributed by atoms with van der Waals surface area (Å²) in [7, 11) is 0. The molecule has 0 rings (SSSR count). The van der Waals surface area contributed by atoms with Crippen molar-refractivity contribution >= 4 is 24.8 Å². The first-order valence-corrected chi connectivity index (χ1v) is 2.17. The molecule has 0 spiro atoms. The van der Waals surface area contributed by atoms with Gasteiger partial charge >= 0.3 is 0 Å². The van der Waals surface area contributed by atoms with E-state index in [0.717, 1.165) is 0 Å². The van der Waals surface area contributed by atoms with Gasteiger partial charge in [-0.2, -0.15) is 0 Å². The van der Waals surface area contributed by atoms with Gasteiger partial charge in [-0.15, -0.1) is 24.8 Å². The molecular weight excluding hydrogens is 166 g/mol. The third-order valence-corrected chi connectivity index (χ3v) is 0.772. The van der Waals surface area contributed by atoms with Crippen LogP contribution in [-0.2, 0) is 0 Å². The van der Waals surface area contributed by atoms with Crippen LogP contribution in [-0.4, -0.2) is 18.8 Å². The highest BCUT2D eigenvalue weighted by molar-refractivity contribution is 5.85. The number of rotatable bonds is 2. The summed E-state index contributed by atoms with van der Waals surface area (Å²) >= 11 is 0.